The Morgan fingerprint density at radius 2 is 0.692 bits per heavy atom. The molecule has 0 saturated heterocycles. The number of hydrogen-bond donors (Lipinski definition) is 0. The first-order valence-electron chi connectivity index (χ1n) is 5.78. The van der Waals surface area contributed by atoms with Crippen molar-refractivity contribution in [2.24, 2.45) is 0 Å². The Balaban J connectivity index is 4.68. The normalized spacial score (nSPS) is 15.8. The topological polar surface area (TPSA) is 18.5 Å². The molecule has 0 aromatic rings. The predicted molar refractivity (Wildman–Crippen MR) is 52.9 cm³/mol. The fourth-order valence-electron chi connectivity index (χ4n) is 0.953. The molecule has 26 heavy (non-hydrogen) atoms. The molecule has 0 rings (SSSR count). The first-order chi connectivity index (χ1) is 11.2. The van der Waals surface area contributed by atoms with Crippen molar-refractivity contribution in [1.82, 2.24) is 0 Å². The van der Waals surface area contributed by atoms with E-state index in [1.165, 1.54) is 0 Å². The zero-order valence-corrected chi connectivity index (χ0v) is 11.7. The molecular weight excluding hydrogens is 418 g/mol. The molecule has 0 bridgehead atoms. The summed E-state index contributed by atoms with van der Waals surface area (Å²) in [5, 5.41) is 0. The summed E-state index contributed by atoms with van der Waals surface area (Å²) in [5.41, 5.74) is 0. The molecular formula is C10H6F14O2. The van der Waals surface area contributed by atoms with E-state index in [9.17, 15) is 61.5 Å². The summed E-state index contributed by atoms with van der Waals surface area (Å²) in [7, 11) is 0. The van der Waals surface area contributed by atoms with Crippen LogP contribution in [-0.4, -0.2) is 49.6 Å². The predicted octanol–water partition coefficient (Wildman–Crippen LogP) is 5.16. The largest absolute Gasteiger partial charge is 0.462 e. The van der Waals surface area contributed by atoms with Gasteiger partial charge in [-0.1, -0.05) is 12.2 Å². The molecule has 0 fully saturated rings. The first kappa shape index (κ1) is 24.7. The van der Waals surface area contributed by atoms with E-state index in [-0.39, 0.29) is 12.2 Å². The number of alkyl halides is 14. The smallest absolute Gasteiger partial charge is 0.311 e. The van der Waals surface area contributed by atoms with Crippen LogP contribution < -0.4 is 0 Å². The lowest BCUT2D eigenvalue weighted by atomic mass is 10.3. The SMILES string of the molecule is FC(F)(F)C(F)(F)C(F)(F)OC/C=C/COC(F)(F)C(F)(F)C(F)(F)F. The maximum absolute atomic E-state index is 12.6. The Morgan fingerprint density at radius 1 is 0.462 bits per heavy atom. The molecule has 0 aromatic carbocycles. The molecule has 0 N–H and O–H groups in total. The minimum atomic E-state index is -6.70. The van der Waals surface area contributed by atoms with Gasteiger partial charge in [0, 0.05) is 0 Å². The van der Waals surface area contributed by atoms with Crippen LogP contribution >= 0.6 is 0 Å². The summed E-state index contributed by atoms with van der Waals surface area (Å²) in [4.78, 5) is 0. The molecule has 0 aromatic heterocycles. The molecule has 0 aliphatic heterocycles. The van der Waals surface area contributed by atoms with Crippen LogP contribution in [0.2, 0.25) is 0 Å². The molecule has 156 valence electrons. The van der Waals surface area contributed by atoms with Gasteiger partial charge in [-0.2, -0.15) is 61.5 Å². The minimum Gasteiger partial charge on any atom is -0.311 e. The van der Waals surface area contributed by atoms with Crippen LogP contribution in [0.3, 0.4) is 0 Å². The van der Waals surface area contributed by atoms with Crippen LogP contribution in [0.5, 0.6) is 0 Å². The van der Waals surface area contributed by atoms with Gasteiger partial charge in [0.05, 0.1) is 13.2 Å². The fraction of sp³-hybridized carbons (Fsp3) is 0.800. The molecule has 0 atom stereocenters. The maximum atomic E-state index is 12.6. The van der Waals surface area contributed by atoms with Crippen LogP contribution in [0.4, 0.5) is 61.5 Å². The lowest BCUT2D eigenvalue weighted by molar-refractivity contribution is -0.423. The maximum Gasteiger partial charge on any atom is 0.462 e. The fourth-order valence-corrected chi connectivity index (χ4v) is 0.953. The van der Waals surface area contributed by atoms with E-state index in [1.807, 2.05) is 0 Å². The number of halogens is 14. The monoisotopic (exact) mass is 424 g/mol. The highest BCUT2D eigenvalue weighted by atomic mass is 19.4. The zero-order chi connectivity index (χ0) is 21.2. The van der Waals surface area contributed by atoms with E-state index in [0.29, 0.717) is 0 Å². The summed E-state index contributed by atoms with van der Waals surface area (Å²) in [6.45, 7) is -3.55. The third-order valence-electron chi connectivity index (χ3n) is 2.33. The molecule has 0 radical (unpaired) electrons. The number of ether oxygens (including phenoxy) is 2. The molecule has 0 aliphatic carbocycles. The van der Waals surface area contributed by atoms with Gasteiger partial charge in [-0.25, -0.2) is 0 Å². The van der Waals surface area contributed by atoms with Gasteiger partial charge in [0.1, 0.15) is 0 Å². The second-order valence-electron chi connectivity index (χ2n) is 4.27. The third kappa shape index (κ3) is 5.11. The second-order valence-corrected chi connectivity index (χ2v) is 4.27. The van der Waals surface area contributed by atoms with Crippen molar-refractivity contribution in [1.29, 1.82) is 0 Å². The van der Waals surface area contributed by atoms with Crippen molar-refractivity contribution >= 4 is 0 Å². The summed E-state index contributed by atoms with van der Waals surface area (Å²) in [6, 6.07) is 0. The standard InChI is InChI=1S/C10H6F14O2/c11-5(12,7(15,16)17)9(21,22)25-3-1-2-4-26-10(23,24)6(13,14)8(18,19)20/h1-2H,3-4H2/b2-1+. The Labute approximate surface area is 134 Å². The van der Waals surface area contributed by atoms with Crippen molar-refractivity contribution in [3.63, 3.8) is 0 Å². The van der Waals surface area contributed by atoms with Gasteiger partial charge >= 0.3 is 36.4 Å². The Hall–Kier alpha value is -1.32. The molecule has 0 spiro atoms. The first-order valence-corrected chi connectivity index (χ1v) is 5.78. The molecule has 0 heterocycles. The van der Waals surface area contributed by atoms with Crippen LogP contribution in [-0.2, 0) is 9.47 Å². The summed E-state index contributed by atoms with van der Waals surface area (Å²) < 4.78 is 176. The number of rotatable bonds is 8. The Kier molecular flexibility index (Phi) is 6.99. The third-order valence-corrected chi connectivity index (χ3v) is 2.33. The van der Waals surface area contributed by atoms with E-state index in [1.54, 1.807) is 0 Å². The molecule has 0 aliphatic rings. The molecule has 0 unspecified atom stereocenters. The second kappa shape index (κ2) is 7.36. The van der Waals surface area contributed by atoms with Crippen LogP contribution in [0.15, 0.2) is 12.2 Å². The van der Waals surface area contributed by atoms with E-state index in [4.69, 9.17) is 0 Å². The molecule has 0 amide bonds. The van der Waals surface area contributed by atoms with Crippen molar-refractivity contribution in [2.75, 3.05) is 13.2 Å². The van der Waals surface area contributed by atoms with Gasteiger partial charge in [0.2, 0.25) is 0 Å². The highest BCUT2D eigenvalue weighted by Crippen LogP contribution is 2.48. The molecule has 0 saturated carbocycles. The average molecular weight is 424 g/mol. The lowest BCUT2D eigenvalue weighted by Crippen LogP contribution is -2.53. The van der Waals surface area contributed by atoms with Gasteiger partial charge < -0.3 is 9.47 Å². The summed E-state index contributed by atoms with van der Waals surface area (Å²) >= 11 is 0. The molecule has 2 nitrogen and oxygen atoms in total. The van der Waals surface area contributed by atoms with E-state index in [0.717, 1.165) is 0 Å². The van der Waals surface area contributed by atoms with Crippen molar-refractivity contribution < 1.29 is 70.9 Å². The number of hydrogen-bond acceptors (Lipinski definition) is 2. The summed E-state index contributed by atoms with van der Waals surface area (Å²) in [5.74, 6) is -13.2. The van der Waals surface area contributed by atoms with Crippen LogP contribution in [0.25, 0.3) is 0 Å². The Bertz CT molecular complexity index is 445. The molecule has 16 heteroatoms. The van der Waals surface area contributed by atoms with Gasteiger partial charge in [-0.3, -0.25) is 0 Å². The van der Waals surface area contributed by atoms with Crippen LogP contribution in [0, 0.1) is 0 Å². The van der Waals surface area contributed by atoms with Gasteiger partial charge in [-0.15, -0.1) is 0 Å². The summed E-state index contributed by atoms with van der Waals surface area (Å²) in [6.07, 6.45) is -25.5. The lowest BCUT2D eigenvalue weighted by Gasteiger charge is -2.27. The van der Waals surface area contributed by atoms with E-state index >= 15 is 0 Å². The Morgan fingerprint density at radius 3 is 0.885 bits per heavy atom. The van der Waals surface area contributed by atoms with Crippen molar-refractivity contribution in [2.45, 2.75) is 36.4 Å². The minimum absolute atomic E-state index is 0.0438. The average Bonchev–Trinajstić information content (AvgIpc) is 2.39. The van der Waals surface area contributed by atoms with Crippen molar-refractivity contribution in [3.05, 3.63) is 12.2 Å². The quantitative estimate of drug-likeness (QED) is 0.396. The highest BCUT2D eigenvalue weighted by Gasteiger charge is 2.75. The van der Waals surface area contributed by atoms with Gasteiger partial charge in [0.15, 0.2) is 0 Å². The zero-order valence-electron chi connectivity index (χ0n) is 11.7. The van der Waals surface area contributed by atoms with E-state index < -0.39 is 49.6 Å². The van der Waals surface area contributed by atoms with Crippen molar-refractivity contribution in [3.8, 4) is 0 Å². The highest BCUT2D eigenvalue weighted by molar-refractivity contribution is 4.89. The van der Waals surface area contributed by atoms with Gasteiger partial charge in [0.25, 0.3) is 0 Å². The van der Waals surface area contributed by atoms with Crippen LogP contribution in [0.1, 0.15) is 0 Å². The van der Waals surface area contributed by atoms with E-state index in [2.05, 4.69) is 9.47 Å². The van der Waals surface area contributed by atoms with Gasteiger partial charge in [-0.05, 0) is 0 Å².